The Kier molecular flexibility index (Phi) is 5.86. The monoisotopic (exact) mass is 497 g/mol. The molecule has 2 aromatic rings. The molecule has 0 aliphatic carbocycles. The number of benzene rings is 1. The van der Waals surface area contributed by atoms with Crippen molar-refractivity contribution in [1.82, 2.24) is 14.9 Å². The number of esters is 1. The van der Waals surface area contributed by atoms with Gasteiger partial charge in [-0.05, 0) is 44.8 Å². The van der Waals surface area contributed by atoms with Crippen molar-refractivity contribution in [3.8, 4) is 11.6 Å². The summed E-state index contributed by atoms with van der Waals surface area (Å²) < 4.78 is 27.0. The standard InChI is InChI=1S/C26H32FN5O4/c1-30-8-4-5-18-22(30)28-25(29-23(18)33)32-11-6-26(7-12-32)21-19(24(34)36-26)15-17(16-20(21)27)35-14-13-31-9-2-3-10-31/h15-16H,2-14H2,1H3,(H,28,29,33). The van der Waals surface area contributed by atoms with Crippen LogP contribution in [0.1, 0.15) is 53.6 Å². The second-order valence-electron chi connectivity index (χ2n) is 10.3. The van der Waals surface area contributed by atoms with Crippen LogP contribution < -0.4 is 14.5 Å². The number of carbonyl (C=O) groups excluding carboxylic acids is 1. The van der Waals surface area contributed by atoms with E-state index < -0.39 is 17.4 Å². The molecule has 4 aliphatic rings. The minimum atomic E-state index is -1.01. The molecule has 5 heterocycles. The molecular weight excluding hydrogens is 465 g/mol. The van der Waals surface area contributed by atoms with Gasteiger partial charge >= 0.3 is 5.97 Å². The van der Waals surface area contributed by atoms with Gasteiger partial charge in [0.2, 0.25) is 11.8 Å². The molecule has 1 aromatic heterocycles. The lowest BCUT2D eigenvalue weighted by atomic mass is 9.83. The lowest BCUT2D eigenvalue weighted by Gasteiger charge is -2.39. The van der Waals surface area contributed by atoms with Crippen molar-refractivity contribution in [3.63, 3.8) is 0 Å². The number of nitrogens with zero attached hydrogens (tertiary/aromatic N) is 5. The summed E-state index contributed by atoms with van der Waals surface area (Å²) in [7, 11) is 1.96. The van der Waals surface area contributed by atoms with Gasteiger partial charge in [-0.25, -0.2) is 9.18 Å². The Hall–Kier alpha value is -3.14. The van der Waals surface area contributed by atoms with E-state index in [1.165, 1.54) is 18.9 Å². The lowest BCUT2D eigenvalue weighted by molar-refractivity contribution is -0.0225. The summed E-state index contributed by atoms with van der Waals surface area (Å²) in [5.74, 6) is 0.604. The van der Waals surface area contributed by atoms with Gasteiger partial charge in [-0.3, -0.25) is 4.90 Å². The summed E-state index contributed by atoms with van der Waals surface area (Å²) in [6.07, 6.45) is 4.94. The predicted octanol–water partition coefficient (Wildman–Crippen LogP) is 2.84. The maximum absolute atomic E-state index is 15.4. The number of carbonyl (C=O) groups is 1. The molecule has 2 saturated heterocycles. The van der Waals surface area contributed by atoms with Gasteiger partial charge in [0.1, 0.15) is 29.6 Å². The van der Waals surface area contributed by atoms with E-state index in [1.807, 2.05) is 16.8 Å². The maximum Gasteiger partial charge on any atom is 0.339 e. The van der Waals surface area contributed by atoms with Crippen LogP contribution in [-0.4, -0.2) is 78.9 Å². The van der Waals surface area contributed by atoms with Crippen molar-refractivity contribution in [3.05, 3.63) is 34.6 Å². The highest BCUT2D eigenvalue weighted by atomic mass is 19.1. The number of anilines is 2. The van der Waals surface area contributed by atoms with Crippen LogP contribution >= 0.6 is 0 Å². The Balaban J connectivity index is 1.18. The van der Waals surface area contributed by atoms with Crippen LogP contribution in [0, 0.1) is 5.82 Å². The summed E-state index contributed by atoms with van der Waals surface area (Å²) in [6, 6.07) is 2.99. The van der Waals surface area contributed by atoms with E-state index >= 15 is 4.39 Å². The Bertz CT molecular complexity index is 1180. The Morgan fingerprint density at radius 1 is 1.11 bits per heavy atom. The SMILES string of the molecule is CN1CCCc2c(O)nc(N3CCC4(CC3)OC(=O)c3cc(OCCN5CCCC5)cc(F)c34)nc21. The molecule has 10 heteroatoms. The third-order valence-corrected chi connectivity index (χ3v) is 7.99. The first-order valence-corrected chi connectivity index (χ1v) is 12.9. The van der Waals surface area contributed by atoms with Crippen molar-refractivity contribution in [1.29, 1.82) is 0 Å². The van der Waals surface area contributed by atoms with Gasteiger partial charge < -0.3 is 24.4 Å². The molecular formula is C26H32FN5O4. The van der Waals surface area contributed by atoms with Crippen molar-refractivity contribution in [2.24, 2.45) is 0 Å². The maximum atomic E-state index is 15.4. The molecule has 0 unspecified atom stereocenters. The molecule has 0 bridgehead atoms. The first-order valence-electron chi connectivity index (χ1n) is 12.9. The number of hydrogen-bond acceptors (Lipinski definition) is 9. The normalized spacial score (nSPS) is 21.0. The van der Waals surface area contributed by atoms with Crippen molar-refractivity contribution in [2.75, 3.05) is 62.7 Å². The van der Waals surface area contributed by atoms with E-state index in [9.17, 15) is 9.90 Å². The molecule has 1 aromatic carbocycles. The number of halogens is 1. The Labute approximate surface area is 209 Å². The Morgan fingerprint density at radius 2 is 1.89 bits per heavy atom. The molecule has 2 fully saturated rings. The van der Waals surface area contributed by atoms with Gasteiger partial charge in [-0.15, -0.1) is 0 Å². The van der Waals surface area contributed by atoms with E-state index in [1.54, 1.807) is 6.07 Å². The number of hydrogen-bond donors (Lipinski definition) is 1. The second kappa shape index (κ2) is 9.06. The lowest BCUT2D eigenvalue weighted by Crippen LogP contribution is -2.44. The molecule has 6 rings (SSSR count). The predicted molar refractivity (Wildman–Crippen MR) is 131 cm³/mol. The number of aromatic hydroxyl groups is 1. The molecule has 9 nitrogen and oxygen atoms in total. The molecule has 0 atom stereocenters. The molecule has 1 spiro atoms. The van der Waals surface area contributed by atoms with Gasteiger partial charge in [0.25, 0.3) is 0 Å². The van der Waals surface area contributed by atoms with Crippen LogP contribution in [0.5, 0.6) is 11.6 Å². The fourth-order valence-electron chi connectivity index (χ4n) is 6.02. The van der Waals surface area contributed by atoms with E-state index in [0.29, 0.717) is 49.8 Å². The van der Waals surface area contributed by atoms with E-state index in [4.69, 9.17) is 14.5 Å². The highest BCUT2D eigenvalue weighted by molar-refractivity contribution is 5.95. The number of fused-ring (bicyclic) bond motifs is 3. The summed E-state index contributed by atoms with van der Waals surface area (Å²) >= 11 is 0. The minimum absolute atomic E-state index is 0.0165. The smallest absolute Gasteiger partial charge is 0.339 e. The fraction of sp³-hybridized carbons (Fsp3) is 0.577. The highest BCUT2D eigenvalue weighted by Gasteiger charge is 2.50. The van der Waals surface area contributed by atoms with Crippen LogP contribution in [0.4, 0.5) is 16.2 Å². The van der Waals surface area contributed by atoms with Gasteiger partial charge in [0.05, 0.1) is 11.1 Å². The van der Waals surface area contributed by atoms with E-state index in [0.717, 1.165) is 50.4 Å². The van der Waals surface area contributed by atoms with Crippen LogP contribution in [-0.2, 0) is 16.8 Å². The summed E-state index contributed by atoms with van der Waals surface area (Å²) in [6.45, 7) is 5.21. The second-order valence-corrected chi connectivity index (χ2v) is 10.3. The van der Waals surface area contributed by atoms with Crippen LogP contribution in [0.2, 0.25) is 0 Å². The third kappa shape index (κ3) is 4.01. The molecule has 0 saturated carbocycles. The number of likely N-dealkylation sites (tertiary alicyclic amines) is 1. The molecule has 36 heavy (non-hydrogen) atoms. The summed E-state index contributed by atoms with van der Waals surface area (Å²) in [5, 5.41) is 10.5. The zero-order valence-corrected chi connectivity index (χ0v) is 20.6. The minimum Gasteiger partial charge on any atom is -0.493 e. The number of ether oxygens (including phenoxy) is 2. The van der Waals surface area contributed by atoms with Crippen molar-refractivity contribution >= 4 is 17.7 Å². The van der Waals surface area contributed by atoms with Gasteiger partial charge in [0, 0.05) is 57.7 Å². The Morgan fingerprint density at radius 3 is 2.67 bits per heavy atom. The zero-order chi connectivity index (χ0) is 24.9. The van der Waals surface area contributed by atoms with Crippen LogP contribution in [0.15, 0.2) is 12.1 Å². The molecule has 192 valence electrons. The average Bonchev–Trinajstić information content (AvgIpc) is 3.47. The highest BCUT2D eigenvalue weighted by Crippen LogP contribution is 2.47. The molecule has 4 aliphatic heterocycles. The first kappa shape index (κ1) is 23.3. The summed E-state index contributed by atoms with van der Waals surface area (Å²) in [5.41, 5.74) is 0.353. The van der Waals surface area contributed by atoms with Gasteiger partial charge in [0.15, 0.2) is 0 Å². The van der Waals surface area contributed by atoms with Gasteiger partial charge in [-0.2, -0.15) is 9.97 Å². The van der Waals surface area contributed by atoms with Crippen LogP contribution in [0.25, 0.3) is 0 Å². The van der Waals surface area contributed by atoms with E-state index in [-0.39, 0.29) is 11.4 Å². The zero-order valence-electron chi connectivity index (χ0n) is 20.6. The summed E-state index contributed by atoms with van der Waals surface area (Å²) in [4.78, 5) is 28.2. The topological polar surface area (TPSA) is 91.3 Å². The quantitative estimate of drug-likeness (QED) is 0.626. The van der Waals surface area contributed by atoms with Crippen LogP contribution in [0.3, 0.4) is 0 Å². The largest absolute Gasteiger partial charge is 0.493 e. The fourth-order valence-corrected chi connectivity index (χ4v) is 6.02. The van der Waals surface area contributed by atoms with E-state index in [2.05, 4.69) is 9.88 Å². The number of rotatable bonds is 5. The number of aromatic nitrogens is 2. The van der Waals surface area contributed by atoms with Crippen molar-refractivity contribution in [2.45, 2.75) is 44.1 Å². The number of piperidine rings is 1. The molecule has 0 radical (unpaired) electrons. The molecule has 1 N–H and O–H groups in total. The van der Waals surface area contributed by atoms with Gasteiger partial charge in [-0.1, -0.05) is 0 Å². The first-order chi connectivity index (χ1) is 17.4. The average molecular weight is 498 g/mol. The molecule has 0 amide bonds. The third-order valence-electron chi connectivity index (χ3n) is 7.99. The van der Waals surface area contributed by atoms with Crippen molar-refractivity contribution < 1.29 is 23.8 Å².